The lowest BCUT2D eigenvalue weighted by Gasteiger charge is -2.18. The van der Waals surface area contributed by atoms with Gasteiger partial charge in [-0.25, -0.2) is 0 Å². The zero-order chi connectivity index (χ0) is 15.6. The molecule has 2 aromatic rings. The van der Waals surface area contributed by atoms with Gasteiger partial charge in [-0.05, 0) is 40.5 Å². The van der Waals surface area contributed by atoms with E-state index in [2.05, 4.69) is 28.0 Å². The Labute approximate surface area is 133 Å². The van der Waals surface area contributed by atoms with E-state index < -0.39 is 0 Å². The quantitative estimate of drug-likeness (QED) is 0.897. The third kappa shape index (κ3) is 2.91. The van der Waals surface area contributed by atoms with Gasteiger partial charge in [0.15, 0.2) is 0 Å². The van der Waals surface area contributed by atoms with Crippen LogP contribution in [0.1, 0.15) is 29.9 Å². The van der Waals surface area contributed by atoms with Gasteiger partial charge in [0.25, 0.3) is 0 Å². The maximum atomic E-state index is 6.42. The summed E-state index contributed by atoms with van der Waals surface area (Å²) in [6.45, 7) is 2.07. The van der Waals surface area contributed by atoms with Crippen molar-refractivity contribution in [1.82, 2.24) is 9.78 Å². The predicted molar refractivity (Wildman–Crippen MR) is 85.9 cm³/mol. The molecule has 1 unspecified atom stereocenters. The zero-order valence-electron chi connectivity index (χ0n) is 12.7. The summed E-state index contributed by atoms with van der Waals surface area (Å²) in [5.41, 5.74) is 9.27. The van der Waals surface area contributed by atoms with Crippen molar-refractivity contribution >= 4 is 15.9 Å². The molecule has 0 fully saturated rings. The highest BCUT2D eigenvalue weighted by Gasteiger charge is 2.21. The van der Waals surface area contributed by atoms with Gasteiger partial charge < -0.3 is 15.2 Å². The SMILES string of the molecule is CCc1cc(C(N)c2ccc(OC)c(Br)c2OC)n(C)n1. The molecule has 0 bridgehead atoms. The zero-order valence-corrected chi connectivity index (χ0v) is 14.3. The fourth-order valence-electron chi connectivity index (χ4n) is 2.33. The topological polar surface area (TPSA) is 62.3 Å². The fraction of sp³-hybridized carbons (Fsp3) is 0.400. The summed E-state index contributed by atoms with van der Waals surface area (Å²) >= 11 is 3.50. The molecule has 0 spiro atoms. The van der Waals surface area contributed by atoms with Crippen LogP contribution in [0.4, 0.5) is 0 Å². The van der Waals surface area contributed by atoms with E-state index >= 15 is 0 Å². The van der Waals surface area contributed by atoms with Gasteiger partial charge in [-0.1, -0.05) is 6.92 Å². The van der Waals surface area contributed by atoms with Crippen molar-refractivity contribution < 1.29 is 9.47 Å². The number of ether oxygens (including phenoxy) is 2. The van der Waals surface area contributed by atoms with Gasteiger partial charge >= 0.3 is 0 Å². The molecular formula is C15H20BrN3O2. The second-order valence-electron chi connectivity index (χ2n) is 4.72. The summed E-state index contributed by atoms with van der Waals surface area (Å²) in [5.74, 6) is 1.39. The smallest absolute Gasteiger partial charge is 0.141 e. The summed E-state index contributed by atoms with van der Waals surface area (Å²) in [6.07, 6.45) is 0.879. The number of nitrogens with zero attached hydrogens (tertiary/aromatic N) is 2. The molecule has 2 N–H and O–H groups in total. The summed E-state index contributed by atoms with van der Waals surface area (Å²) in [5, 5.41) is 4.45. The van der Waals surface area contributed by atoms with Crippen LogP contribution < -0.4 is 15.2 Å². The standard InChI is InChI=1S/C15H20BrN3O2/c1-5-9-8-11(19(2)18-9)14(17)10-6-7-12(20-3)13(16)15(10)21-4/h6-8,14H,5,17H2,1-4H3. The van der Waals surface area contributed by atoms with E-state index in [9.17, 15) is 0 Å². The summed E-state index contributed by atoms with van der Waals surface area (Å²) in [4.78, 5) is 0. The number of hydrogen-bond acceptors (Lipinski definition) is 4. The summed E-state index contributed by atoms with van der Waals surface area (Å²) < 4.78 is 13.4. The average Bonchev–Trinajstić information content (AvgIpc) is 2.87. The van der Waals surface area contributed by atoms with Crippen LogP contribution in [0.25, 0.3) is 0 Å². The fourth-order valence-corrected chi connectivity index (χ4v) is 3.01. The Kier molecular flexibility index (Phi) is 4.90. The molecule has 1 aromatic heterocycles. The number of hydrogen-bond donors (Lipinski definition) is 1. The van der Waals surface area contributed by atoms with Gasteiger partial charge in [0.2, 0.25) is 0 Å². The molecule has 1 aromatic carbocycles. The number of methoxy groups -OCH3 is 2. The van der Waals surface area contributed by atoms with E-state index in [1.807, 2.05) is 29.9 Å². The van der Waals surface area contributed by atoms with E-state index in [-0.39, 0.29) is 6.04 Å². The molecule has 2 rings (SSSR count). The number of aryl methyl sites for hydroxylation is 2. The maximum Gasteiger partial charge on any atom is 0.141 e. The molecule has 5 nitrogen and oxygen atoms in total. The van der Waals surface area contributed by atoms with Crippen LogP contribution >= 0.6 is 15.9 Å². The largest absolute Gasteiger partial charge is 0.495 e. The van der Waals surface area contributed by atoms with Crippen molar-refractivity contribution in [2.24, 2.45) is 12.8 Å². The minimum absolute atomic E-state index is 0.319. The van der Waals surface area contributed by atoms with E-state index in [0.717, 1.165) is 27.8 Å². The Balaban J connectivity index is 2.49. The lowest BCUT2D eigenvalue weighted by atomic mass is 10.0. The van der Waals surface area contributed by atoms with Gasteiger partial charge in [-0.2, -0.15) is 5.10 Å². The van der Waals surface area contributed by atoms with Crippen LogP contribution in [0.2, 0.25) is 0 Å². The molecule has 0 radical (unpaired) electrons. The Morgan fingerprint density at radius 2 is 2.05 bits per heavy atom. The van der Waals surface area contributed by atoms with E-state index in [4.69, 9.17) is 15.2 Å². The number of rotatable bonds is 5. The van der Waals surface area contributed by atoms with Crippen molar-refractivity contribution in [2.45, 2.75) is 19.4 Å². The highest BCUT2D eigenvalue weighted by Crippen LogP contribution is 2.40. The van der Waals surface area contributed by atoms with E-state index in [1.54, 1.807) is 14.2 Å². The first kappa shape index (κ1) is 15.9. The van der Waals surface area contributed by atoms with E-state index in [1.165, 1.54) is 0 Å². The number of halogens is 1. The lowest BCUT2D eigenvalue weighted by Crippen LogP contribution is -2.17. The van der Waals surface area contributed by atoms with Crippen molar-refractivity contribution in [3.63, 3.8) is 0 Å². The molecule has 1 atom stereocenters. The molecule has 0 aliphatic carbocycles. The Hall–Kier alpha value is -1.53. The van der Waals surface area contributed by atoms with Crippen LogP contribution in [0.3, 0.4) is 0 Å². The highest BCUT2D eigenvalue weighted by atomic mass is 79.9. The Morgan fingerprint density at radius 1 is 1.33 bits per heavy atom. The summed E-state index contributed by atoms with van der Waals surface area (Å²) in [7, 11) is 5.14. The van der Waals surface area contributed by atoms with Crippen LogP contribution in [-0.4, -0.2) is 24.0 Å². The molecule has 114 valence electrons. The molecule has 0 aliphatic heterocycles. The maximum absolute atomic E-state index is 6.42. The monoisotopic (exact) mass is 353 g/mol. The molecule has 0 saturated heterocycles. The van der Waals surface area contributed by atoms with Crippen LogP contribution in [-0.2, 0) is 13.5 Å². The van der Waals surface area contributed by atoms with Gasteiger partial charge in [0.05, 0.1) is 31.6 Å². The lowest BCUT2D eigenvalue weighted by molar-refractivity contribution is 0.384. The van der Waals surface area contributed by atoms with Crippen molar-refractivity contribution in [3.05, 3.63) is 39.6 Å². The van der Waals surface area contributed by atoms with Gasteiger partial charge in [0, 0.05) is 12.6 Å². The minimum atomic E-state index is -0.319. The average molecular weight is 354 g/mol. The van der Waals surface area contributed by atoms with Crippen molar-refractivity contribution in [2.75, 3.05) is 14.2 Å². The number of nitrogens with two attached hydrogens (primary N) is 1. The second kappa shape index (κ2) is 6.49. The van der Waals surface area contributed by atoms with Crippen LogP contribution in [0.5, 0.6) is 11.5 Å². The first-order chi connectivity index (χ1) is 10.0. The van der Waals surface area contributed by atoms with Gasteiger partial charge in [-0.15, -0.1) is 0 Å². The van der Waals surface area contributed by atoms with Crippen molar-refractivity contribution in [3.8, 4) is 11.5 Å². The Bertz CT molecular complexity index is 640. The third-order valence-corrected chi connectivity index (χ3v) is 4.25. The number of aromatic nitrogens is 2. The highest BCUT2D eigenvalue weighted by molar-refractivity contribution is 9.10. The first-order valence-electron chi connectivity index (χ1n) is 6.72. The minimum Gasteiger partial charge on any atom is -0.495 e. The third-order valence-electron chi connectivity index (χ3n) is 3.50. The molecule has 0 saturated carbocycles. The predicted octanol–water partition coefficient (Wildman–Crippen LogP) is 2.81. The molecule has 1 heterocycles. The van der Waals surface area contributed by atoms with Crippen molar-refractivity contribution in [1.29, 1.82) is 0 Å². The molecule has 6 heteroatoms. The second-order valence-corrected chi connectivity index (χ2v) is 5.51. The first-order valence-corrected chi connectivity index (χ1v) is 7.51. The Morgan fingerprint density at radius 3 is 2.57 bits per heavy atom. The summed E-state index contributed by atoms with van der Waals surface area (Å²) in [6, 6.07) is 5.51. The normalized spacial score (nSPS) is 12.3. The molecule has 0 aliphatic rings. The van der Waals surface area contributed by atoms with E-state index in [0.29, 0.717) is 11.5 Å². The van der Waals surface area contributed by atoms with Gasteiger partial charge in [0.1, 0.15) is 16.0 Å². The van der Waals surface area contributed by atoms with Crippen LogP contribution in [0.15, 0.2) is 22.7 Å². The van der Waals surface area contributed by atoms with Crippen LogP contribution in [0, 0.1) is 0 Å². The molecular weight excluding hydrogens is 334 g/mol. The van der Waals surface area contributed by atoms with Gasteiger partial charge in [-0.3, -0.25) is 4.68 Å². The number of benzene rings is 1. The molecule has 21 heavy (non-hydrogen) atoms. The molecule has 0 amide bonds.